The van der Waals surface area contributed by atoms with Crippen LogP contribution in [0.25, 0.3) is 0 Å². The van der Waals surface area contributed by atoms with Crippen molar-refractivity contribution in [2.24, 2.45) is 0 Å². The van der Waals surface area contributed by atoms with Crippen LogP contribution in [0.5, 0.6) is 0 Å². The van der Waals surface area contributed by atoms with Gasteiger partial charge in [0.2, 0.25) is 0 Å². The SMILES string of the molecule is C[NH+]1[C@@H]2CC[C@H]1CC(OC(=O)c1ccc(Cl)cc1)(C(=O)[O-])C2. The van der Waals surface area contributed by atoms with Crippen LogP contribution in [0, 0.1) is 0 Å². The van der Waals surface area contributed by atoms with E-state index >= 15 is 0 Å². The van der Waals surface area contributed by atoms with Gasteiger partial charge in [-0.25, -0.2) is 4.79 Å². The van der Waals surface area contributed by atoms with Crippen LogP contribution in [-0.4, -0.2) is 36.7 Å². The molecule has 5 nitrogen and oxygen atoms in total. The van der Waals surface area contributed by atoms with Gasteiger partial charge >= 0.3 is 5.97 Å². The van der Waals surface area contributed by atoms with Crippen molar-refractivity contribution in [1.82, 2.24) is 0 Å². The summed E-state index contributed by atoms with van der Waals surface area (Å²) in [6, 6.07) is 6.62. The first-order valence-corrected chi connectivity index (χ1v) is 7.83. The summed E-state index contributed by atoms with van der Waals surface area (Å²) in [5, 5.41) is 12.2. The van der Waals surface area contributed by atoms with Crippen molar-refractivity contribution < 1.29 is 24.3 Å². The summed E-state index contributed by atoms with van der Waals surface area (Å²) >= 11 is 5.79. The van der Waals surface area contributed by atoms with E-state index in [2.05, 4.69) is 7.05 Å². The van der Waals surface area contributed by atoms with Gasteiger partial charge in [0.05, 0.1) is 30.7 Å². The van der Waals surface area contributed by atoms with Gasteiger partial charge in [-0.1, -0.05) is 11.6 Å². The van der Waals surface area contributed by atoms with E-state index in [1.807, 2.05) is 0 Å². The van der Waals surface area contributed by atoms with Gasteiger partial charge in [0.15, 0.2) is 5.60 Å². The molecule has 2 unspecified atom stereocenters. The van der Waals surface area contributed by atoms with Crippen LogP contribution in [0.4, 0.5) is 0 Å². The minimum Gasteiger partial charge on any atom is -0.546 e. The highest BCUT2D eigenvalue weighted by atomic mass is 35.5. The Morgan fingerprint density at radius 1 is 1.23 bits per heavy atom. The van der Waals surface area contributed by atoms with Gasteiger partial charge in [-0.2, -0.15) is 0 Å². The number of fused-ring (bicyclic) bond motifs is 2. The number of carboxylic acid groups (broad SMARTS) is 1. The van der Waals surface area contributed by atoms with Gasteiger partial charge in [-0.15, -0.1) is 0 Å². The highest BCUT2D eigenvalue weighted by Gasteiger charge is 2.53. The van der Waals surface area contributed by atoms with Crippen molar-refractivity contribution in [1.29, 1.82) is 0 Å². The normalized spacial score (nSPS) is 33.5. The maximum Gasteiger partial charge on any atom is 0.339 e. The molecule has 2 bridgehead atoms. The summed E-state index contributed by atoms with van der Waals surface area (Å²) < 4.78 is 5.44. The van der Waals surface area contributed by atoms with Crippen LogP contribution >= 0.6 is 11.6 Å². The van der Waals surface area contributed by atoms with Crippen molar-refractivity contribution in [2.45, 2.75) is 43.4 Å². The lowest BCUT2D eigenvalue weighted by Gasteiger charge is -2.42. The van der Waals surface area contributed by atoms with Crippen LogP contribution in [0.1, 0.15) is 36.0 Å². The Morgan fingerprint density at radius 2 is 1.77 bits per heavy atom. The first-order valence-electron chi connectivity index (χ1n) is 7.45. The Morgan fingerprint density at radius 3 is 2.27 bits per heavy atom. The van der Waals surface area contributed by atoms with Crippen LogP contribution < -0.4 is 10.0 Å². The van der Waals surface area contributed by atoms with Gasteiger partial charge in [0.1, 0.15) is 0 Å². The van der Waals surface area contributed by atoms with Crippen LogP contribution in [0.3, 0.4) is 0 Å². The predicted molar refractivity (Wildman–Crippen MR) is 77.5 cm³/mol. The van der Waals surface area contributed by atoms with Crippen molar-refractivity contribution in [3.8, 4) is 0 Å². The highest BCUT2D eigenvalue weighted by Crippen LogP contribution is 2.34. The van der Waals surface area contributed by atoms with Gasteiger partial charge in [0.25, 0.3) is 0 Å². The molecule has 0 spiro atoms. The molecule has 1 aromatic carbocycles. The Labute approximate surface area is 133 Å². The van der Waals surface area contributed by atoms with Crippen LogP contribution in [0.15, 0.2) is 24.3 Å². The number of hydrogen-bond acceptors (Lipinski definition) is 4. The molecule has 1 N–H and O–H groups in total. The number of piperidine rings is 1. The number of nitrogens with one attached hydrogen (secondary N) is 1. The number of carbonyl (C=O) groups excluding carboxylic acids is 2. The fourth-order valence-corrected chi connectivity index (χ4v) is 3.84. The third-order valence-corrected chi connectivity index (χ3v) is 5.30. The van der Waals surface area contributed by atoms with E-state index in [4.69, 9.17) is 16.3 Å². The summed E-state index contributed by atoms with van der Waals surface area (Å²) in [5.41, 5.74) is -1.22. The van der Waals surface area contributed by atoms with E-state index in [0.29, 0.717) is 23.4 Å². The average molecular weight is 324 g/mol. The molecule has 0 aliphatic carbocycles. The second-order valence-corrected chi connectivity index (χ2v) is 6.74. The number of carboxylic acids is 1. The van der Waals surface area contributed by atoms with Crippen LogP contribution in [0.2, 0.25) is 5.02 Å². The van der Waals surface area contributed by atoms with Crippen molar-refractivity contribution in [2.75, 3.05) is 7.05 Å². The Kier molecular flexibility index (Phi) is 3.87. The molecule has 1 aromatic rings. The molecule has 118 valence electrons. The third-order valence-electron chi connectivity index (χ3n) is 5.04. The van der Waals surface area contributed by atoms with Crippen molar-refractivity contribution in [3.63, 3.8) is 0 Å². The lowest BCUT2D eigenvalue weighted by atomic mass is 9.86. The second-order valence-electron chi connectivity index (χ2n) is 6.30. The molecule has 2 aliphatic rings. The van der Waals surface area contributed by atoms with Gasteiger partial charge in [-0.3, -0.25) is 0 Å². The summed E-state index contributed by atoms with van der Waals surface area (Å²) in [6.45, 7) is 0. The minimum atomic E-state index is -1.51. The molecule has 22 heavy (non-hydrogen) atoms. The third kappa shape index (κ3) is 2.59. The van der Waals surface area contributed by atoms with E-state index in [1.165, 1.54) is 17.0 Å². The molecular formula is C16H18ClNO4. The minimum absolute atomic E-state index is 0.203. The molecule has 2 fully saturated rings. The zero-order chi connectivity index (χ0) is 15.9. The first kappa shape index (κ1) is 15.3. The fraction of sp³-hybridized carbons (Fsp3) is 0.500. The van der Waals surface area contributed by atoms with Gasteiger partial charge in [0, 0.05) is 30.7 Å². The molecule has 0 amide bonds. The number of benzene rings is 1. The molecule has 0 aromatic heterocycles. The molecule has 6 heteroatoms. The summed E-state index contributed by atoms with van der Waals surface area (Å²) in [5.74, 6) is -1.93. The molecule has 0 saturated carbocycles. The summed E-state index contributed by atoms with van der Waals surface area (Å²) in [7, 11) is 2.07. The van der Waals surface area contributed by atoms with Crippen molar-refractivity contribution in [3.05, 3.63) is 34.9 Å². The maximum absolute atomic E-state index is 12.3. The first-order chi connectivity index (χ1) is 10.4. The molecule has 2 heterocycles. The zero-order valence-electron chi connectivity index (χ0n) is 12.3. The lowest BCUT2D eigenvalue weighted by Crippen LogP contribution is -3.16. The lowest BCUT2D eigenvalue weighted by molar-refractivity contribution is -0.924. The molecule has 2 saturated heterocycles. The molecule has 0 radical (unpaired) electrons. The number of halogens is 1. The van der Waals surface area contributed by atoms with E-state index < -0.39 is 17.5 Å². The molecular weight excluding hydrogens is 306 g/mol. The van der Waals surface area contributed by atoms with E-state index in [9.17, 15) is 14.7 Å². The quantitative estimate of drug-likeness (QED) is 0.784. The summed E-state index contributed by atoms with van der Waals surface area (Å²) in [6.07, 6.45) is 2.56. The number of carbonyl (C=O) groups is 2. The zero-order valence-corrected chi connectivity index (χ0v) is 13.1. The smallest absolute Gasteiger partial charge is 0.339 e. The average Bonchev–Trinajstić information content (AvgIpc) is 2.71. The van der Waals surface area contributed by atoms with E-state index in [1.54, 1.807) is 12.1 Å². The van der Waals surface area contributed by atoms with E-state index in [-0.39, 0.29) is 12.1 Å². The number of aliphatic carboxylic acids is 1. The van der Waals surface area contributed by atoms with Gasteiger partial charge in [-0.05, 0) is 24.3 Å². The van der Waals surface area contributed by atoms with Gasteiger partial charge < -0.3 is 19.5 Å². The number of esters is 1. The number of ether oxygens (including phenoxy) is 1. The standard InChI is InChI=1S/C16H18ClNO4/c1-18-12-6-7-13(18)9-16(8-12,15(20)21)22-14(19)10-2-4-11(17)5-3-10/h2-5,12-13H,6-9H2,1H3,(H,20,21)/t12-,13+,16?. The molecule has 2 aliphatic heterocycles. The number of hydrogen-bond donors (Lipinski definition) is 1. The number of quaternary nitrogens is 1. The predicted octanol–water partition coefficient (Wildman–Crippen LogP) is -0.175. The van der Waals surface area contributed by atoms with E-state index in [0.717, 1.165) is 12.8 Å². The fourth-order valence-electron chi connectivity index (χ4n) is 3.71. The largest absolute Gasteiger partial charge is 0.546 e. The maximum atomic E-state index is 12.3. The Bertz CT molecular complexity index is 587. The molecule has 3 rings (SSSR count). The topological polar surface area (TPSA) is 70.9 Å². The monoisotopic (exact) mass is 323 g/mol. The Balaban J connectivity index is 1.82. The van der Waals surface area contributed by atoms with Crippen LogP contribution in [-0.2, 0) is 9.53 Å². The number of rotatable bonds is 3. The van der Waals surface area contributed by atoms with Crippen molar-refractivity contribution >= 4 is 23.5 Å². The molecule has 4 atom stereocenters. The Hall–Kier alpha value is -1.59. The second kappa shape index (κ2) is 5.56. The highest BCUT2D eigenvalue weighted by molar-refractivity contribution is 6.30. The summed E-state index contributed by atoms with van der Waals surface area (Å²) in [4.78, 5) is 25.3.